The second-order valence-corrected chi connectivity index (χ2v) is 6.01. The van der Waals surface area contributed by atoms with Crippen molar-refractivity contribution >= 4 is 11.9 Å². The number of nitrogens with one attached hydrogen (secondary N) is 2. The van der Waals surface area contributed by atoms with Crippen molar-refractivity contribution in [2.75, 3.05) is 13.1 Å². The normalized spacial score (nSPS) is 33.0. The van der Waals surface area contributed by atoms with E-state index in [0.29, 0.717) is 12.5 Å². The van der Waals surface area contributed by atoms with Crippen molar-refractivity contribution in [3.8, 4) is 0 Å². The van der Waals surface area contributed by atoms with Gasteiger partial charge >= 0.3 is 6.03 Å². The third-order valence-corrected chi connectivity index (χ3v) is 4.20. The molecule has 2 saturated heterocycles. The molecule has 1 unspecified atom stereocenters. The van der Waals surface area contributed by atoms with Crippen molar-refractivity contribution in [1.29, 1.82) is 0 Å². The van der Waals surface area contributed by atoms with Gasteiger partial charge in [0.25, 0.3) is 5.91 Å². The van der Waals surface area contributed by atoms with Gasteiger partial charge in [-0.2, -0.15) is 0 Å². The molecule has 0 aliphatic carbocycles. The highest BCUT2D eigenvalue weighted by atomic mass is 16.2. The molecule has 2 heterocycles. The number of hydrogen-bond donors (Lipinski definition) is 2. The topological polar surface area (TPSA) is 61.4 Å². The number of urea groups is 1. The standard InChI is InChI=1S/C12H21N3O2/c1-8(2)15-6-5-12(11(3,4)7-15)9(16)13-10(17)14-12/h8H,5-7H2,1-4H3,(H2,13,14,16,17). The van der Waals surface area contributed by atoms with Crippen LogP contribution in [-0.2, 0) is 4.79 Å². The van der Waals surface area contributed by atoms with Crippen LogP contribution in [0.2, 0.25) is 0 Å². The molecule has 96 valence electrons. The molecule has 2 N–H and O–H groups in total. The van der Waals surface area contributed by atoms with Gasteiger partial charge in [-0.1, -0.05) is 13.8 Å². The summed E-state index contributed by atoms with van der Waals surface area (Å²) in [6.07, 6.45) is 0.676. The number of likely N-dealkylation sites (tertiary alicyclic amines) is 1. The third-order valence-electron chi connectivity index (χ3n) is 4.20. The Morgan fingerprint density at radius 1 is 1.29 bits per heavy atom. The van der Waals surface area contributed by atoms with Gasteiger partial charge in [0.1, 0.15) is 5.54 Å². The molecule has 1 spiro atoms. The molecular formula is C12H21N3O2. The fraction of sp³-hybridized carbons (Fsp3) is 0.833. The number of nitrogens with zero attached hydrogens (tertiary/aromatic N) is 1. The summed E-state index contributed by atoms with van der Waals surface area (Å²) in [5.74, 6) is -0.170. The number of piperidine rings is 1. The van der Waals surface area contributed by atoms with E-state index in [0.717, 1.165) is 13.1 Å². The average molecular weight is 239 g/mol. The smallest absolute Gasteiger partial charge is 0.322 e. The molecule has 0 bridgehead atoms. The highest BCUT2D eigenvalue weighted by Crippen LogP contribution is 2.40. The molecule has 0 radical (unpaired) electrons. The summed E-state index contributed by atoms with van der Waals surface area (Å²) in [5.41, 5.74) is -0.985. The lowest BCUT2D eigenvalue weighted by atomic mass is 9.67. The minimum Gasteiger partial charge on any atom is -0.323 e. The lowest BCUT2D eigenvalue weighted by Gasteiger charge is -2.50. The zero-order valence-corrected chi connectivity index (χ0v) is 11.0. The van der Waals surface area contributed by atoms with Crippen LogP contribution in [0.3, 0.4) is 0 Å². The maximum atomic E-state index is 12.0. The molecule has 5 heteroatoms. The van der Waals surface area contributed by atoms with Gasteiger partial charge < -0.3 is 10.2 Å². The van der Waals surface area contributed by atoms with Crippen LogP contribution >= 0.6 is 0 Å². The number of rotatable bonds is 1. The molecule has 0 aromatic heterocycles. The average Bonchev–Trinajstić information content (AvgIpc) is 2.47. The van der Waals surface area contributed by atoms with E-state index in [2.05, 4.69) is 29.4 Å². The molecule has 2 fully saturated rings. The Hall–Kier alpha value is -1.10. The van der Waals surface area contributed by atoms with E-state index in [1.165, 1.54) is 0 Å². The second kappa shape index (κ2) is 3.70. The number of carbonyl (C=O) groups is 2. The number of imide groups is 1. The molecule has 17 heavy (non-hydrogen) atoms. The van der Waals surface area contributed by atoms with Crippen LogP contribution in [0.1, 0.15) is 34.1 Å². The third kappa shape index (κ3) is 1.73. The predicted molar refractivity (Wildman–Crippen MR) is 64.5 cm³/mol. The molecular weight excluding hydrogens is 218 g/mol. The van der Waals surface area contributed by atoms with Crippen LogP contribution in [0.5, 0.6) is 0 Å². The molecule has 3 amide bonds. The predicted octanol–water partition coefficient (Wildman–Crippen LogP) is 0.705. The van der Waals surface area contributed by atoms with Gasteiger partial charge in [0.15, 0.2) is 0 Å². The Kier molecular flexibility index (Phi) is 2.69. The zero-order valence-electron chi connectivity index (χ0n) is 11.0. The molecule has 2 aliphatic rings. The van der Waals surface area contributed by atoms with Crippen LogP contribution in [0.15, 0.2) is 0 Å². The summed E-state index contributed by atoms with van der Waals surface area (Å²) >= 11 is 0. The van der Waals surface area contributed by atoms with Crippen LogP contribution in [0.4, 0.5) is 4.79 Å². The summed E-state index contributed by atoms with van der Waals surface area (Å²) in [7, 11) is 0. The van der Waals surface area contributed by atoms with Gasteiger partial charge in [0.05, 0.1) is 0 Å². The lowest BCUT2D eigenvalue weighted by molar-refractivity contribution is -0.132. The monoisotopic (exact) mass is 239 g/mol. The summed E-state index contributed by atoms with van der Waals surface area (Å²) < 4.78 is 0. The van der Waals surface area contributed by atoms with Crippen LogP contribution in [0, 0.1) is 5.41 Å². The Morgan fingerprint density at radius 2 is 1.94 bits per heavy atom. The highest BCUT2D eigenvalue weighted by molar-refractivity contribution is 6.07. The van der Waals surface area contributed by atoms with E-state index in [4.69, 9.17) is 0 Å². The first-order chi connectivity index (χ1) is 7.78. The Bertz CT molecular complexity index is 365. The minimum absolute atomic E-state index is 0.170. The number of carbonyl (C=O) groups excluding carboxylic acids is 2. The van der Waals surface area contributed by atoms with E-state index < -0.39 is 5.54 Å². The Labute approximate surface area is 102 Å². The number of hydrogen-bond acceptors (Lipinski definition) is 3. The van der Waals surface area contributed by atoms with Gasteiger partial charge in [0.2, 0.25) is 0 Å². The first kappa shape index (κ1) is 12.4. The summed E-state index contributed by atoms with van der Waals surface area (Å²) in [4.78, 5) is 25.8. The second-order valence-electron chi connectivity index (χ2n) is 6.01. The molecule has 0 aromatic carbocycles. The van der Waals surface area contributed by atoms with Gasteiger partial charge in [-0.25, -0.2) is 4.79 Å². The SMILES string of the molecule is CC(C)N1CCC2(NC(=O)NC2=O)C(C)(C)C1. The quantitative estimate of drug-likeness (QED) is 0.662. The van der Waals surface area contributed by atoms with Crippen LogP contribution < -0.4 is 10.6 Å². The minimum atomic E-state index is -0.727. The van der Waals surface area contributed by atoms with Crippen LogP contribution in [0.25, 0.3) is 0 Å². The fourth-order valence-corrected chi connectivity index (χ4v) is 2.96. The highest BCUT2D eigenvalue weighted by Gasteiger charge is 2.58. The Morgan fingerprint density at radius 3 is 2.35 bits per heavy atom. The lowest BCUT2D eigenvalue weighted by Crippen LogP contribution is -2.66. The van der Waals surface area contributed by atoms with E-state index in [1.807, 2.05) is 13.8 Å². The summed E-state index contributed by atoms with van der Waals surface area (Å²) in [6.45, 7) is 10.1. The van der Waals surface area contributed by atoms with Gasteiger partial charge in [0, 0.05) is 24.5 Å². The van der Waals surface area contributed by atoms with E-state index in [1.54, 1.807) is 0 Å². The molecule has 5 nitrogen and oxygen atoms in total. The first-order valence-electron chi connectivity index (χ1n) is 6.16. The van der Waals surface area contributed by atoms with Crippen molar-refractivity contribution in [1.82, 2.24) is 15.5 Å². The van der Waals surface area contributed by atoms with E-state index >= 15 is 0 Å². The molecule has 1 atom stereocenters. The van der Waals surface area contributed by atoms with Gasteiger partial charge in [-0.05, 0) is 20.3 Å². The molecule has 0 saturated carbocycles. The van der Waals surface area contributed by atoms with Crippen LogP contribution in [-0.4, -0.2) is 41.5 Å². The van der Waals surface area contributed by atoms with Crippen molar-refractivity contribution in [3.05, 3.63) is 0 Å². The first-order valence-corrected chi connectivity index (χ1v) is 6.16. The van der Waals surface area contributed by atoms with E-state index in [-0.39, 0.29) is 17.4 Å². The summed E-state index contributed by atoms with van der Waals surface area (Å²) in [5, 5.41) is 5.21. The van der Waals surface area contributed by atoms with Gasteiger partial charge in [-0.3, -0.25) is 10.1 Å². The molecule has 2 rings (SSSR count). The molecule has 2 aliphatic heterocycles. The molecule has 0 aromatic rings. The van der Waals surface area contributed by atoms with Crippen molar-refractivity contribution in [3.63, 3.8) is 0 Å². The van der Waals surface area contributed by atoms with E-state index in [9.17, 15) is 9.59 Å². The van der Waals surface area contributed by atoms with Crippen molar-refractivity contribution < 1.29 is 9.59 Å². The fourth-order valence-electron chi connectivity index (χ4n) is 2.96. The zero-order chi connectivity index (χ0) is 12.8. The van der Waals surface area contributed by atoms with Crippen molar-refractivity contribution in [2.24, 2.45) is 5.41 Å². The number of amides is 3. The van der Waals surface area contributed by atoms with Crippen molar-refractivity contribution in [2.45, 2.75) is 45.7 Å². The Balaban J connectivity index is 2.27. The van der Waals surface area contributed by atoms with Gasteiger partial charge in [-0.15, -0.1) is 0 Å². The largest absolute Gasteiger partial charge is 0.323 e. The maximum absolute atomic E-state index is 12.0. The maximum Gasteiger partial charge on any atom is 0.322 e. The summed E-state index contributed by atoms with van der Waals surface area (Å²) in [6, 6.07) is 0.105.